The number of benzene rings is 1. The zero-order valence-electron chi connectivity index (χ0n) is 15.1. The van der Waals surface area contributed by atoms with Crippen molar-refractivity contribution in [2.45, 2.75) is 32.9 Å². The summed E-state index contributed by atoms with van der Waals surface area (Å²) in [5.74, 6) is 1.25. The van der Waals surface area contributed by atoms with Crippen LogP contribution in [0.5, 0.6) is 0 Å². The normalized spacial score (nSPS) is 13.0. The molecule has 0 radical (unpaired) electrons. The lowest BCUT2D eigenvalue weighted by molar-refractivity contribution is 0.180. The Bertz CT molecular complexity index is 794. The smallest absolute Gasteiger partial charge is 0.168 e. The topological polar surface area (TPSA) is 80.7 Å². The number of fused-ring (bicyclic) bond motifs is 1. The maximum atomic E-state index is 5.14. The molecular weight excluding hydrogens is 316 g/mol. The van der Waals surface area contributed by atoms with Crippen LogP contribution in [0.25, 0.3) is 10.9 Å². The fourth-order valence-electron chi connectivity index (χ4n) is 3.10. The Kier molecular flexibility index (Phi) is 5.78. The van der Waals surface area contributed by atoms with Crippen molar-refractivity contribution in [1.82, 2.24) is 30.5 Å². The molecule has 134 valence electrons. The molecule has 0 spiro atoms. The van der Waals surface area contributed by atoms with Crippen LogP contribution in [0.2, 0.25) is 0 Å². The zero-order valence-corrected chi connectivity index (χ0v) is 15.1. The van der Waals surface area contributed by atoms with Crippen LogP contribution in [0.15, 0.2) is 30.5 Å². The lowest BCUT2D eigenvalue weighted by Crippen LogP contribution is -2.31. The van der Waals surface area contributed by atoms with Crippen LogP contribution in [-0.2, 0) is 17.7 Å². The van der Waals surface area contributed by atoms with E-state index in [1.54, 1.807) is 7.11 Å². The number of H-pyrrole nitrogens is 1. The van der Waals surface area contributed by atoms with Crippen LogP contribution in [0.3, 0.4) is 0 Å². The van der Waals surface area contributed by atoms with Crippen molar-refractivity contribution in [3.05, 3.63) is 41.9 Å². The molecule has 1 atom stereocenters. The highest BCUT2D eigenvalue weighted by atomic mass is 16.5. The minimum absolute atomic E-state index is 0.108. The molecular formula is C18H26N6O. The van der Waals surface area contributed by atoms with Crippen molar-refractivity contribution in [3.63, 3.8) is 0 Å². The number of methoxy groups -OCH3 is 1. The molecule has 0 aliphatic carbocycles. The largest absolute Gasteiger partial charge is 0.383 e. The Hall–Kier alpha value is -2.25. The van der Waals surface area contributed by atoms with E-state index in [9.17, 15) is 0 Å². The molecule has 0 aliphatic heterocycles. The van der Waals surface area contributed by atoms with Gasteiger partial charge in [0.25, 0.3) is 0 Å². The van der Waals surface area contributed by atoms with Gasteiger partial charge < -0.3 is 15.0 Å². The first-order valence-corrected chi connectivity index (χ1v) is 8.74. The molecule has 25 heavy (non-hydrogen) atoms. The van der Waals surface area contributed by atoms with Gasteiger partial charge in [-0.2, -0.15) is 0 Å². The van der Waals surface area contributed by atoms with E-state index in [1.165, 1.54) is 16.5 Å². The summed E-state index contributed by atoms with van der Waals surface area (Å²) in [6.07, 6.45) is 3.05. The second-order valence-electron chi connectivity index (χ2n) is 6.54. The van der Waals surface area contributed by atoms with E-state index in [1.807, 2.05) is 4.68 Å². The highest BCUT2D eigenvalue weighted by Crippen LogP contribution is 2.21. The third-order valence-electron chi connectivity index (χ3n) is 4.45. The van der Waals surface area contributed by atoms with Gasteiger partial charge in [-0.3, -0.25) is 0 Å². The van der Waals surface area contributed by atoms with Gasteiger partial charge in [-0.05, 0) is 40.9 Å². The van der Waals surface area contributed by atoms with Crippen LogP contribution in [0, 0.1) is 5.92 Å². The number of hydrogen-bond donors (Lipinski definition) is 2. The molecule has 2 aromatic heterocycles. The van der Waals surface area contributed by atoms with Gasteiger partial charge in [0.1, 0.15) is 0 Å². The highest BCUT2D eigenvalue weighted by molar-refractivity contribution is 5.83. The molecule has 0 unspecified atom stereocenters. The summed E-state index contributed by atoms with van der Waals surface area (Å²) >= 11 is 0. The quantitative estimate of drug-likeness (QED) is 0.624. The van der Waals surface area contributed by atoms with E-state index in [0.717, 1.165) is 18.8 Å². The van der Waals surface area contributed by atoms with E-state index in [-0.39, 0.29) is 6.04 Å². The average Bonchev–Trinajstić information content (AvgIpc) is 3.23. The summed E-state index contributed by atoms with van der Waals surface area (Å²) in [5, 5.41) is 17.1. The minimum Gasteiger partial charge on any atom is -0.383 e. The first-order valence-electron chi connectivity index (χ1n) is 8.74. The third kappa shape index (κ3) is 4.05. The molecule has 0 saturated heterocycles. The lowest BCUT2D eigenvalue weighted by Gasteiger charge is -2.21. The van der Waals surface area contributed by atoms with Crippen molar-refractivity contribution in [3.8, 4) is 0 Å². The summed E-state index contributed by atoms with van der Waals surface area (Å²) in [6.45, 7) is 6.48. The predicted molar refractivity (Wildman–Crippen MR) is 97.3 cm³/mol. The van der Waals surface area contributed by atoms with Crippen molar-refractivity contribution in [1.29, 1.82) is 0 Å². The van der Waals surface area contributed by atoms with Gasteiger partial charge in [0.2, 0.25) is 0 Å². The number of ether oxygens (including phenoxy) is 1. The molecule has 1 aromatic carbocycles. The Morgan fingerprint density at radius 1 is 1.28 bits per heavy atom. The molecule has 0 amide bonds. The van der Waals surface area contributed by atoms with E-state index >= 15 is 0 Å². The van der Waals surface area contributed by atoms with E-state index in [0.29, 0.717) is 19.1 Å². The Balaban J connectivity index is 1.66. The standard InChI is InChI=1S/C18H26N6O/c1-13(2)17(18-21-22-23-24(18)10-11-25-3)19-9-8-14-12-20-16-7-5-4-6-15(14)16/h4-7,12-13,17,19-20H,8-11H2,1-3H3/t17-/m0/s1. The summed E-state index contributed by atoms with van der Waals surface area (Å²) in [6, 6.07) is 8.50. The first-order chi connectivity index (χ1) is 12.2. The van der Waals surface area contributed by atoms with Crippen LogP contribution in [0.1, 0.15) is 31.3 Å². The second-order valence-corrected chi connectivity index (χ2v) is 6.54. The summed E-state index contributed by atoms with van der Waals surface area (Å²) in [7, 11) is 1.68. The van der Waals surface area contributed by atoms with Crippen LogP contribution in [-0.4, -0.2) is 45.5 Å². The zero-order chi connectivity index (χ0) is 17.6. The van der Waals surface area contributed by atoms with Gasteiger partial charge in [0.15, 0.2) is 5.82 Å². The van der Waals surface area contributed by atoms with Crippen LogP contribution in [0.4, 0.5) is 0 Å². The molecule has 0 aliphatic rings. The van der Waals surface area contributed by atoms with E-state index in [4.69, 9.17) is 4.74 Å². The first kappa shape index (κ1) is 17.6. The van der Waals surface area contributed by atoms with Gasteiger partial charge in [-0.1, -0.05) is 32.0 Å². The van der Waals surface area contributed by atoms with E-state index in [2.05, 4.69) is 70.1 Å². The SMILES string of the molecule is COCCn1nnnc1[C@@H](NCCc1c[nH]c2ccccc12)C(C)C. The molecule has 0 fully saturated rings. The molecule has 3 rings (SSSR count). The summed E-state index contributed by atoms with van der Waals surface area (Å²) in [5.41, 5.74) is 2.51. The summed E-state index contributed by atoms with van der Waals surface area (Å²) in [4.78, 5) is 3.33. The van der Waals surface area contributed by atoms with Crippen LogP contribution >= 0.6 is 0 Å². The number of aromatic nitrogens is 5. The Labute approximate surface area is 147 Å². The maximum absolute atomic E-state index is 5.14. The van der Waals surface area contributed by atoms with Gasteiger partial charge in [0.05, 0.1) is 19.2 Å². The highest BCUT2D eigenvalue weighted by Gasteiger charge is 2.22. The van der Waals surface area contributed by atoms with Crippen LogP contribution < -0.4 is 5.32 Å². The number of rotatable bonds is 9. The number of hydrogen-bond acceptors (Lipinski definition) is 5. The number of tetrazole rings is 1. The van der Waals surface area contributed by atoms with Crippen molar-refractivity contribution >= 4 is 10.9 Å². The molecule has 7 nitrogen and oxygen atoms in total. The minimum atomic E-state index is 0.108. The molecule has 0 saturated carbocycles. The second kappa shape index (κ2) is 8.22. The molecule has 7 heteroatoms. The lowest BCUT2D eigenvalue weighted by atomic mass is 10.0. The van der Waals surface area contributed by atoms with Crippen molar-refractivity contribution < 1.29 is 4.74 Å². The average molecular weight is 342 g/mol. The van der Waals surface area contributed by atoms with Gasteiger partial charge in [0, 0.05) is 24.2 Å². The van der Waals surface area contributed by atoms with E-state index < -0.39 is 0 Å². The fraction of sp³-hybridized carbons (Fsp3) is 0.500. The monoisotopic (exact) mass is 342 g/mol. The maximum Gasteiger partial charge on any atom is 0.168 e. The molecule has 0 bridgehead atoms. The number of para-hydroxylation sites is 1. The van der Waals surface area contributed by atoms with Crippen molar-refractivity contribution in [2.75, 3.05) is 20.3 Å². The number of aromatic amines is 1. The fourth-order valence-corrected chi connectivity index (χ4v) is 3.10. The third-order valence-corrected chi connectivity index (χ3v) is 4.45. The summed E-state index contributed by atoms with van der Waals surface area (Å²) < 4.78 is 6.97. The number of nitrogens with zero attached hydrogens (tertiary/aromatic N) is 4. The predicted octanol–water partition coefficient (Wildman–Crippen LogP) is 2.33. The Morgan fingerprint density at radius 2 is 2.12 bits per heavy atom. The van der Waals surface area contributed by atoms with Crippen molar-refractivity contribution in [2.24, 2.45) is 5.92 Å². The van der Waals surface area contributed by atoms with Gasteiger partial charge in [-0.25, -0.2) is 4.68 Å². The Morgan fingerprint density at radius 3 is 2.92 bits per heavy atom. The molecule has 3 aromatic rings. The van der Waals surface area contributed by atoms with Gasteiger partial charge in [-0.15, -0.1) is 5.10 Å². The molecule has 2 heterocycles. The molecule has 2 N–H and O–H groups in total. The number of nitrogens with one attached hydrogen (secondary N) is 2. The van der Waals surface area contributed by atoms with Gasteiger partial charge >= 0.3 is 0 Å².